The third-order valence-electron chi connectivity index (χ3n) is 2.37. The Hall–Kier alpha value is -2.34. The monoisotopic (exact) mass is 280 g/mol. The lowest BCUT2D eigenvalue weighted by atomic mass is 10.2. The molecule has 3 N–H and O–H groups in total. The molecule has 7 heteroatoms. The number of fused-ring (bicyclic) bond motifs is 1. The van der Waals surface area contributed by atoms with E-state index in [4.69, 9.17) is 16.7 Å². The Morgan fingerprint density at radius 1 is 1.32 bits per heavy atom. The topological polar surface area (TPSA) is 99.5 Å². The second-order valence-corrected chi connectivity index (χ2v) is 4.21. The number of carboxylic acids is 1. The van der Waals surface area contributed by atoms with Crippen LogP contribution in [0.15, 0.2) is 24.3 Å². The van der Waals surface area contributed by atoms with Gasteiger partial charge in [0.15, 0.2) is 5.69 Å². The van der Waals surface area contributed by atoms with Crippen LogP contribution in [0.25, 0.3) is 10.9 Å². The van der Waals surface area contributed by atoms with E-state index in [1.54, 1.807) is 18.2 Å². The summed E-state index contributed by atoms with van der Waals surface area (Å²) >= 11 is 5.80. The summed E-state index contributed by atoms with van der Waals surface area (Å²) in [5, 5.41) is 21.4. The summed E-state index contributed by atoms with van der Waals surface area (Å²) in [4.78, 5) is 26.0. The van der Waals surface area contributed by atoms with Crippen molar-refractivity contribution < 1.29 is 19.8 Å². The number of halogens is 1. The van der Waals surface area contributed by atoms with Crippen LogP contribution < -0.4 is 5.32 Å². The highest BCUT2D eigenvalue weighted by atomic mass is 35.5. The van der Waals surface area contributed by atoms with Crippen molar-refractivity contribution in [3.05, 3.63) is 35.0 Å². The lowest BCUT2D eigenvalue weighted by molar-refractivity contribution is -0.135. The average Bonchev–Trinajstić information content (AvgIpc) is 2.35. The van der Waals surface area contributed by atoms with Crippen molar-refractivity contribution in [1.29, 1.82) is 0 Å². The van der Waals surface area contributed by atoms with Crippen LogP contribution in [0.5, 0.6) is 5.75 Å². The van der Waals surface area contributed by atoms with E-state index < -0.39 is 18.4 Å². The Bertz CT molecular complexity index is 672. The summed E-state index contributed by atoms with van der Waals surface area (Å²) < 4.78 is 0. The molecule has 6 nitrogen and oxygen atoms in total. The van der Waals surface area contributed by atoms with Gasteiger partial charge in [-0.1, -0.05) is 11.6 Å². The Kier molecular flexibility index (Phi) is 3.52. The minimum absolute atomic E-state index is 0.226. The highest BCUT2D eigenvalue weighted by molar-refractivity contribution is 6.31. The SMILES string of the molecule is O=C(O)CNC(=O)c1nc2ccc(Cl)cc2cc1O. The van der Waals surface area contributed by atoms with Gasteiger partial charge in [-0.2, -0.15) is 0 Å². The van der Waals surface area contributed by atoms with Crippen molar-refractivity contribution in [1.82, 2.24) is 10.3 Å². The van der Waals surface area contributed by atoms with Crippen LogP contribution in [0, 0.1) is 0 Å². The average molecular weight is 281 g/mol. The molecule has 2 rings (SSSR count). The van der Waals surface area contributed by atoms with E-state index >= 15 is 0 Å². The summed E-state index contributed by atoms with van der Waals surface area (Å²) in [6.07, 6.45) is 0. The molecule has 1 aromatic carbocycles. The maximum absolute atomic E-state index is 11.7. The summed E-state index contributed by atoms with van der Waals surface area (Å²) in [7, 11) is 0. The number of nitrogens with one attached hydrogen (secondary N) is 1. The quantitative estimate of drug-likeness (QED) is 0.789. The summed E-state index contributed by atoms with van der Waals surface area (Å²) in [5.74, 6) is -2.27. The molecule has 0 fully saturated rings. The fraction of sp³-hybridized carbons (Fsp3) is 0.0833. The lowest BCUT2D eigenvalue weighted by Gasteiger charge is -2.06. The predicted molar refractivity (Wildman–Crippen MR) is 68.4 cm³/mol. The van der Waals surface area contributed by atoms with Gasteiger partial charge in [-0.15, -0.1) is 0 Å². The summed E-state index contributed by atoms with van der Waals surface area (Å²) in [6, 6.07) is 6.16. The van der Waals surface area contributed by atoms with E-state index in [9.17, 15) is 14.7 Å². The maximum Gasteiger partial charge on any atom is 0.322 e. The zero-order chi connectivity index (χ0) is 14.0. The fourth-order valence-electron chi connectivity index (χ4n) is 1.54. The first-order valence-electron chi connectivity index (χ1n) is 5.26. The van der Waals surface area contributed by atoms with Crippen LogP contribution in [-0.4, -0.2) is 33.6 Å². The van der Waals surface area contributed by atoms with Gasteiger partial charge in [-0.3, -0.25) is 9.59 Å². The molecule has 0 aliphatic carbocycles. The third kappa shape index (κ3) is 2.92. The summed E-state index contributed by atoms with van der Waals surface area (Å²) in [5.41, 5.74) is 0.249. The molecular formula is C12H9ClN2O4. The number of aromatic nitrogens is 1. The van der Waals surface area contributed by atoms with Crippen molar-refractivity contribution in [3.8, 4) is 5.75 Å². The van der Waals surface area contributed by atoms with Crippen molar-refractivity contribution in [2.24, 2.45) is 0 Å². The summed E-state index contributed by atoms with van der Waals surface area (Å²) in [6.45, 7) is -0.543. The van der Waals surface area contributed by atoms with Crippen LogP contribution in [-0.2, 0) is 4.79 Å². The number of pyridine rings is 1. The third-order valence-corrected chi connectivity index (χ3v) is 2.61. The largest absolute Gasteiger partial charge is 0.505 e. The van der Waals surface area contributed by atoms with Gasteiger partial charge < -0.3 is 15.5 Å². The normalized spacial score (nSPS) is 10.4. The molecular weight excluding hydrogens is 272 g/mol. The molecule has 2 aromatic rings. The van der Waals surface area contributed by atoms with E-state index in [1.807, 2.05) is 0 Å². The standard InChI is InChI=1S/C12H9ClN2O4/c13-7-1-2-8-6(3-7)4-9(16)11(15-8)12(19)14-5-10(17)18/h1-4,16H,5H2,(H,14,19)(H,17,18). The van der Waals surface area contributed by atoms with Gasteiger partial charge in [0.1, 0.15) is 12.3 Å². The molecule has 0 bridgehead atoms. The van der Waals surface area contributed by atoms with Gasteiger partial charge in [0.25, 0.3) is 5.91 Å². The molecule has 19 heavy (non-hydrogen) atoms. The smallest absolute Gasteiger partial charge is 0.322 e. The van der Waals surface area contributed by atoms with E-state index in [2.05, 4.69) is 10.3 Å². The molecule has 0 radical (unpaired) electrons. The highest BCUT2D eigenvalue weighted by Gasteiger charge is 2.15. The van der Waals surface area contributed by atoms with Crippen LogP contribution in [0.2, 0.25) is 5.02 Å². The van der Waals surface area contributed by atoms with E-state index in [0.29, 0.717) is 15.9 Å². The minimum Gasteiger partial charge on any atom is -0.505 e. The first-order chi connectivity index (χ1) is 8.97. The zero-order valence-corrected chi connectivity index (χ0v) is 10.3. The highest BCUT2D eigenvalue weighted by Crippen LogP contribution is 2.24. The molecule has 1 amide bonds. The number of carbonyl (C=O) groups is 2. The van der Waals surface area contributed by atoms with Gasteiger partial charge in [-0.25, -0.2) is 4.98 Å². The minimum atomic E-state index is -1.18. The first-order valence-corrected chi connectivity index (χ1v) is 5.64. The van der Waals surface area contributed by atoms with Gasteiger partial charge in [0.05, 0.1) is 5.52 Å². The van der Waals surface area contributed by atoms with Gasteiger partial charge >= 0.3 is 5.97 Å². The Morgan fingerprint density at radius 3 is 2.74 bits per heavy atom. The number of aromatic hydroxyl groups is 1. The second-order valence-electron chi connectivity index (χ2n) is 3.77. The molecule has 0 aliphatic heterocycles. The number of carboxylic acid groups (broad SMARTS) is 1. The molecule has 0 unspecified atom stereocenters. The number of amides is 1. The molecule has 0 saturated carbocycles. The second kappa shape index (κ2) is 5.11. The fourth-order valence-corrected chi connectivity index (χ4v) is 1.72. The van der Waals surface area contributed by atoms with Crippen molar-refractivity contribution in [2.45, 2.75) is 0 Å². The number of rotatable bonds is 3. The van der Waals surface area contributed by atoms with E-state index in [1.165, 1.54) is 6.07 Å². The molecule has 0 spiro atoms. The Labute approximate surface area is 112 Å². The number of carbonyl (C=O) groups excluding carboxylic acids is 1. The van der Waals surface area contributed by atoms with E-state index in [0.717, 1.165) is 0 Å². The van der Waals surface area contributed by atoms with Crippen molar-refractivity contribution in [2.75, 3.05) is 6.54 Å². The molecule has 0 saturated heterocycles. The lowest BCUT2D eigenvalue weighted by Crippen LogP contribution is -2.29. The molecule has 98 valence electrons. The van der Waals surface area contributed by atoms with Crippen LogP contribution in [0.1, 0.15) is 10.5 Å². The number of nitrogens with zero attached hydrogens (tertiary/aromatic N) is 1. The number of benzene rings is 1. The Balaban J connectivity index is 2.38. The predicted octanol–water partition coefficient (Wildman–Crippen LogP) is 1.41. The van der Waals surface area contributed by atoms with Gasteiger partial charge in [0.2, 0.25) is 0 Å². The molecule has 0 aliphatic rings. The van der Waals surface area contributed by atoms with Crippen LogP contribution in [0.4, 0.5) is 0 Å². The van der Waals surface area contributed by atoms with E-state index in [-0.39, 0.29) is 11.4 Å². The molecule has 1 heterocycles. The number of hydrogen-bond acceptors (Lipinski definition) is 4. The van der Waals surface area contributed by atoms with Gasteiger partial charge in [0, 0.05) is 10.4 Å². The Morgan fingerprint density at radius 2 is 2.05 bits per heavy atom. The van der Waals surface area contributed by atoms with Crippen LogP contribution in [0.3, 0.4) is 0 Å². The van der Waals surface area contributed by atoms with Crippen molar-refractivity contribution >= 4 is 34.4 Å². The number of aliphatic carboxylic acids is 1. The van der Waals surface area contributed by atoms with Crippen LogP contribution >= 0.6 is 11.6 Å². The van der Waals surface area contributed by atoms with Gasteiger partial charge in [-0.05, 0) is 24.3 Å². The molecule has 1 aromatic heterocycles. The molecule has 0 atom stereocenters. The number of hydrogen-bond donors (Lipinski definition) is 3. The zero-order valence-electron chi connectivity index (χ0n) is 9.55. The maximum atomic E-state index is 11.7. The van der Waals surface area contributed by atoms with Crippen molar-refractivity contribution in [3.63, 3.8) is 0 Å². The first kappa shape index (κ1) is 13.1.